The second kappa shape index (κ2) is 6.90. The van der Waals surface area contributed by atoms with Crippen LogP contribution in [0.2, 0.25) is 0 Å². The molecule has 1 aromatic carbocycles. The fourth-order valence-corrected chi connectivity index (χ4v) is 2.64. The lowest BCUT2D eigenvalue weighted by Crippen LogP contribution is -1.93. The molecule has 0 aliphatic carbocycles. The van der Waals surface area contributed by atoms with Gasteiger partial charge >= 0.3 is 0 Å². The molecule has 2 aromatic heterocycles. The minimum Gasteiger partial charge on any atom is -0.496 e. The Labute approximate surface area is 143 Å². The summed E-state index contributed by atoms with van der Waals surface area (Å²) in [5.41, 5.74) is 12.2. The maximum absolute atomic E-state index is 12.2. The van der Waals surface area contributed by atoms with E-state index < -0.39 is 0 Å². The number of fused-ring (bicyclic) bond motifs is 1. The van der Waals surface area contributed by atoms with Gasteiger partial charge in [0, 0.05) is 45.0 Å². The number of methoxy groups -OCH3 is 1. The molecule has 0 radical (unpaired) electrons. The van der Waals surface area contributed by atoms with Crippen LogP contribution in [0.1, 0.15) is 21.6 Å². The van der Waals surface area contributed by atoms with Crippen LogP contribution in [0.4, 0.5) is 5.69 Å². The van der Waals surface area contributed by atoms with Crippen molar-refractivity contribution in [2.75, 3.05) is 7.11 Å². The van der Waals surface area contributed by atoms with Crippen molar-refractivity contribution in [1.82, 2.24) is 9.97 Å². The van der Waals surface area contributed by atoms with Gasteiger partial charge in [-0.1, -0.05) is 5.11 Å². The van der Waals surface area contributed by atoms with Crippen LogP contribution in [-0.4, -0.2) is 22.9 Å². The maximum Gasteiger partial charge on any atom is 0.185 e. The van der Waals surface area contributed by atoms with Gasteiger partial charge in [-0.3, -0.25) is 9.78 Å². The zero-order valence-corrected chi connectivity index (χ0v) is 13.7. The number of pyridine rings is 1. The van der Waals surface area contributed by atoms with Gasteiger partial charge < -0.3 is 9.72 Å². The van der Waals surface area contributed by atoms with E-state index in [1.807, 2.05) is 6.92 Å². The first-order valence-electron chi connectivity index (χ1n) is 7.52. The van der Waals surface area contributed by atoms with Gasteiger partial charge in [0.15, 0.2) is 5.78 Å². The van der Waals surface area contributed by atoms with Crippen LogP contribution >= 0.6 is 0 Å². The molecule has 0 bridgehead atoms. The van der Waals surface area contributed by atoms with E-state index in [0.717, 1.165) is 22.2 Å². The Hall–Kier alpha value is -3.57. The van der Waals surface area contributed by atoms with Crippen molar-refractivity contribution < 1.29 is 9.53 Å². The minimum absolute atomic E-state index is 0.103. The molecule has 1 N–H and O–H groups in total. The molecule has 3 aromatic rings. The van der Waals surface area contributed by atoms with E-state index in [1.165, 1.54) is 13.2 Å². The number of ketones is 1. The van der Waals surface area contributed by atoms with E-state index in [4.69, 9.17) is 10.3 Å². The lowest BCUT2D eigenvalue weighted by atomic mass is 10.1. The Morgan fingerprint density at radius 2 is 2.12 bits per heavy atom. The number of H-pyrrole nitrogens is 1. The van der Waals surface area contributed by atoms with E-state index in [-0.39, 0.29) is 5.78 Å². The maximum atomic E-state index is 12.2. The van der Waals surface area contributed by atoms with Crippen molar-refractivity contribution in [1.29, 1.82) is 0 Å². The summed E-state index contributed by atoms with van der Waals surface area (Å²) in [6.45, 7) is 1.91. The SMILES string of the molecule is COc1cc2c(/C=C/C(=O)c3ccncc3)c(C)[nH]c2cc1N=[N+]=[N-]. The number of nitrogens with zero attached hydrogens (tertiary/aromatic N) is 4. The lowest BCUT2D eigenvalue weighted by molar-refractivity contribution is 0.104. The van der Waals surface area contributed by atoms with Crippen LogP contribution in [0.25, 0.3) is 27.4 Å². The number of aromatic nitrogens is 2. The highest BCUT2D eigenvalue weighted by Gasteiger charge is 2.11. The number of carbonyl (C=O) groups excluding carboxylic acids is 1. The molecule has 0 fully saturated rings. The van der Waals surface area contributed by atoms with Gasteiger partial charge in [-0.2, -0.15) is 0 Å². The van der Waals surface area contributed by atoms with Crippen LogP contribution < -0.4 is 4.74 Å². The highest BCUT2D eigenvalue weighted by atomic mass is 16.5. The monoisotopic (exact) mass is 333 g/mol. The molecule has 2 heterocycles. The van der Waals surface area contributed by atoms with E-state index in [2.05, 4.69) is 20.0 Å². The van der Waals surface area contributed by atoms with Crippen LogP contribution in [0, 0.1) is 6.92 Å². The highest BCUT2D eigenvalue weighted by Crippen LogP contribution is 2.35. The Balaban J connectivity index is 2.04. The van der Waals surface area contributed by atoms with E-state index in [1.54, 1.807) is 42.7 Å². The number of nitrogens with one attached hydrogen (secondary N) is 1. The van der Waals surface area contributed by atoms with Gasteiger partial charge in [0.25, 0.3) is 0 Å². The summed E-state index contributed by atoms with van der Waals surface area (Å²) in [5.74, 6) is 0.369. The lowest BCUT2D eigenvalue weighted by Gasteiger charge is -2.04. The number of benzene rings is 1. The third kappa shape index (κ3) is 3.22. The second-order valence-electron chi connectivity index (χ2n) is 5.36. The number of carbonyl (C=O) groups is 1. The first-order valence-corrected chi connectivity index (χ1v) is 7.52. The van der Waals surface area contributed by atoms with Crippen molar-refractivity contribution in [3.63, 3.8) is 0 Å². The molecule has 0 atom stereocenters. The van der Waals surface area contributed by atoms with Gasteiger partial charge in [-0.15, -0.1) is 0 Å². The number of hydrogen-bond donors (Lipinski definition) is 1. The van der Waals surface area contributed by atoms with E-state index in [0.29, 0.717) is 17.0 Å². The molecule has 0 saturated carbocycles. The molecule has 7 heteroatoms. The molecule has 25 heavy (non-hydrogen) atoms. The van der Waals surface area contributed by atoms with Crippen LogP contribution in [0.5, 0.6) is 5.75 Å². The number of rotatable bonds is 5. The summed E-state index contributed by atoms with van der Waals surface area (Å²) < 4.78 is 5.29. The number of azide groups is 1. The molecule has 0 amide bonds. The van der Waals surface area contributed by atoms with Gasteiger partial charge in [-0.05, 0) is 48.9 Å². The number of hydrogen-bond acceptors (Lipinski definition) is 4. The summed E-state index contributed by atoms with van der Waals surface area (Å²) in [7, 11) is 1.51. The minimum atomic E-state index is -0.103. The first kappa shape index (κ1) is 16.3. The highest BCUT2D eigenvalue weighted by molar-refractivity contribution is 6.08. The Morgan fingerprint density at radius 1 is 1.36 bits per heavy atom. The smallest absolute Gasteiger partial charge is 0.185 e. The molecule has 0 saturated heterocycles. The van der Waals surface area contributed by atoms with E-state index >= 15 is 0 Å². The van der Waals surface area contributed by atoms with Crippen molar-refractivity contribution >= 4 is 28.4 Å². The van der Waals surface area contributed by atoms with E-state index in [9.17, 15) is 4.79 Å². The fraction of sp³-hybridized carbons (Fsp3) is 0.111. The summed E-state index contributed by atoms with van der Waals surface area (Å²) in [6, 6.07) is 6.86. The van der Waals surface area contributed by atoms with Crippen molar-refractivity contribution in [3.05, 3.63) is 70.0 Å². The third-order valence-electron chi connectivity index (χ3n) is 3.85. The van der Waals surface area contributed by atoms with Crippen molar-refractivity contribution in [2.24, 2.45) is 5.11 Å². The molecule has 3 rings (SSSR count). The van der Waals surface area contributed by atoms with Crippen LogP contribution in [0.3, 0.4) is 0 Å². The normalized spacial score (nSPS) is 10.8. The summed E-state index contributed by atoms with van der Waals surface area (Å²) in [4.78, 5) is 22.2. The van der Waals surface area contributed by atoms with Crippen LogP contribution in [0.15, 0.2) is 47.8 Å². The Bertz CT molecular complexity index is 1010. The fourth-order valence-electron chi connectivity index (χ4n) is 2.64. The van der Waals surface area contributed by atoms with Crippen molar-refractivity contribution in [2.45, 2.75) is 6.92 Å². The Morgan fingerprint density at radius 3 is 2.80 bits per heavy atom. The summed E-state index contributed by atoms with van der Waals surface area (Å²) >= 11 is 0. The summed E-state index contributed by atoms with van der Waals surface area (Å²) in [6.07, 6.45) is 6.46. The molecule has 124 valence electrons. The standard InChI is InChI=1S/C18H15N5O2/c1-11-13(3-4-17(24)12-5-7-20-8-6-12)14-9-18(25-2)16(22-23-19)10-15(14)21-11/h3-10,21H,1-2H3/b4-3+. The third-order valence-corrected chi connectivity index (χ3v) is 3.85. The molecule has 7 nitrogen and oxygen atoms in total. The number of allylic oxidation sites excluding steroid dienone is 1. The molecule has 0 unspecified atom stereocenters. The molecule has 0 aliphatic heterocycles. The summed E-state index contributed by atoms with van der Waals surface area (Å²) in [5, 5.41) is 4.52. The molecule has 0 aliphatic rings. The average Bonchev–Trinajstić information content (AvgIpc) is 2.94. The zero-order valence-electron chi connectivity index (χ0n) is 13.7. The Kier molecular flexibility index (Phi) is 4.50. The van der Waals surface area contributed by atoms with Crippen LogP contribution in [-0.2, 0) is 0 Å². The molecule has 0 spiro atoms. The van der Waals surface area contributed by atoms with Gasteiger partial charge in [0.2, 0.25) is 0 Å². The van der Waals surface area contributed by atoms with Crippen molar-refractivity contribution in [3.8, 4) is 5.75 Å². The first-order chi connectivity index (χ1) is 12.1. The molecular weight excluding hydrogens is 318 g/mol. The predicted octanol–water partition coefficient (Wildman–Crippen LogP) is 4.72. The topological polar surface area (TPSA) is 104 Å². The molecular formula is C18H15N5O2. The number of aryl methyl sites for hydroxylation is 1. The average molecular weight is 333 g/mol. The van der Waals surface area contributed by atoms with Gasteiger partial charge in [0.1, 0.15) is 5.75 Å². The second-order valence-corrected chi connectivity index (χ2v) is 5.36. The van der Waals surface area contributed by atoms with Gasteiger partial charge in [0.05, 0.1) is 12.8 Å². The van der Waals surface area contributed by atoms with Gasteiger partial charge in [-0.25, -0.2) is 0 Å². The number of ether oxygens (including phenoxy) is 1. The predicted molar refractivity (Wildman–Crippen MR) is 96.0 cm³/mol. The zero-order chi connectivity index (χ0) is 17.8. The quantitative estimate of drug-likeness (QED) is 0.240. The largest absolute Gasteiger partial charge is 0.496 e. The number of aromatic amines is 1.